The van der Waals surface area contributed by atoms with Crippen LogP contribution in [0.4, 0.5) is 0 Å². The number of hydrogen-bond donors (Lipinski definition) is 0. The van der Waals surface area contributed by atoms with Gasteiger partial charge >= 0.3 is 0 Å². The Morgan fingerprint density at radius 2 is 1.11 bits per heavy atom. The summed E-state index contributed by atoms with van der Waals surface area (Å²) >= 11 is 0. The van der Waals surface area contributed by atoms with Crippen molar-refractivity contribution in [2.45, 2.75) is 66.2 Å². The lowest BCUT2D eigenvalue weighted by Gasteiger charge is -2.41. The lowest BCUT2D eigenvalue weighted by Crippen LogP contribution is -2.31. The van der Waals surface area contributed by atoms with E-state index >= 15 is 0 Å². The van der Waals surface area contributed by atoms with Gasteiger partial charge in [0.1, 0.15) is 0 Å². The first-order valence-corrected chi connectivity index (χ1v) is 8.17. The van der Waals surface area contributed by atoms with Crippen LogP contribution in [-0.4, -0.2) is 0 Å². The molecule has 2 rings (SSSR count). The quantitative estimate of drug-likeness (QED) is 0.551. The van der Waals surface area contributed by atoms with Gasteiger partial charge in [-0.2, -0.15) is 0 Å². The lowest BCUT2D eigenvalue weighted by atomic mass is 9.64. The summed E-state index contributed by atoms with van der Waals surface area (Å²) in [5.74, 6) is 5.20. The predicted octanol–water partition coefficient (Wildman–Crippen LogP) is 5.69. The van der Waals surface area contributed by atoms with Crippen LogP contribution < -0.4 is 0 Å². The summed E-state index contributed by atoms with van der Waals surface area (Å²) in [6.45, 7) is 14.3. The lowest BCUT2D eigenvalue weighted by molar-refractivity contribution is 0.175. The molecule has 2 aliphatic rings. The van der Waals surface area contributed by atoms with E-state index in [0.717, 1.165) is 35.5 Å². The summed E-state index contributed by atoms with van der Waals surface area (Å²) in [7, 11) is 0. The summed E-state index contributed by atoms with van der Waals surface area (Å²) in [5.41, 5.74) is 1.62. The first-order chi connectivity index (χ1) is 8.49. The summed E-state index contributed by atoms with van der Waals surface area (Å²) < 4.78 is 0. The van der Waals surface area contributed by atoms with Crippen LogP contribution in [0, 0.1) is 35.5 Å². The molecular weight excluding hydrogens is 216 g/mol. The third-order valence-electron chi connectivity index (χ3n) is 5.87. The van der Waals surface area contributed by atoms with Gasteiger partial charge in [0.05, 0.1) is 0 Å². The van der Waals surface area contributed by atoms with E-state index in [9.17, 15) is 0 Å². The Hall–Kier alpha value is -0.260. The molecule has 0 radical (unpaired) electrons. The number of allylic oxidation sites excluding steroid dienone is 1. The van der Waals surface area contributed by atoms with Gasteiger partial charge in [0.25, 0.3) is 0 Å². The Bertz CT molecular complexity index is 262. The highest BCUT2D eigenvalue weighted by Gasteiger charge is 2.34. The minimum absolute atomic E-state index is 0.812. The van der Waals surface area contributed by atoms with Crippen molar-refractivity contribution in [1.82, 2.24) is 0 Å². The Balaban J connectivity index is 2.04. The molecule has 0 aliphatic heterocycles. The van der Waals surface area contributed by atoms with E-state index in [2.05, 4.69) is 34.3 Å². The molecular formula is C18H32. The molecule has 0 heterocycles. The minimum atomic E-state index is 0.812. The summed E-state index contributed by atoms with van der Waals surface area (Å²) in [4.78, 5) is 0. The van der Waals surface area contributed by atoms with E-state index in [4.69, 9.17) is 0 Å². The standard InChI is InChI=1S/C18H32/c1-12-6-8-14(3)17(10-12)16(5)18-11-13(2)7-9-15(18)4/h12-15,17-18H,5-11H2,1-4H3. The maximum absolute atomic E-state index is 4.57. The SMILES string of the molecule is C=C(C1CC(C)CCC1C)C1CC(C)CCC1C. The van der Waals surface area contributed by atoms with Crippen molar-refractivity contribution in [3.8, 4) is 0 Å². The summed E-state index contributed by atoms with van der Waals surface area (Å²) in [6.07, 6.45) is 8.50. The van der Waals surface area contributed by atoms with Crippen LogP contribution in [0.5, 0.6) is 0 Å². The molecule has 0 aromatic rings. The van der Waals surface area contributed by atoms with E-state index in [1.807, 2.05) is 0 Å². The predicted molar refractivity (Wildman–Crippen MR) is 80.5 cm³/mol. The van der Waals surface area contributed by atoms with Gasteiger partial charge in [-0.15, -0.1) is 0 Å². The van der Waals surface area contributed by atoms with Crippen LogP contribution in [0.3, 0.4) is 0 Å². The van der Waals surface area contributed by atoms with Crippen LogP contribution >= 0.6 is 0 Å². The molecule has 0 N–H and O–H groups in total. The molecule has 0 bridgehead atoms. The Kier molecular flexibility index (Phi) is 4.56. The molecule has 18 heavy (non-hydrogen) atoms. The number of hydrogen-bond acceptors (Lipinski definition) is 0. The van der Waals surface area contributed by atoms with E-state index in [1.165, 1.54) is 38.5 Å². The maximum Gasteiger partial charge on any atom is -0.0175 e. The molecule has 104 valence electrons. The van der Waals surface area contributed by atoms with Crippen LogP contribution in [-0.2, 0) is 0 Å². The van der Waals surface area contributed by atoms with Gasteiger partial charge in [-0.1, -0.05) is 52.7 Å². The topological polar surface area (TPSA) is 0 Å². The van der Waals surface area contributed by atoms with E-state index in [0.29, 0.717) is 0 Å². The van der Waals surface area contributed by atoms with Crippen molar-refractivity contribution < 1.29 is 0 Å². The molecule has 0 spiro atoms. The second-order valence-corrected chi connectivity index (χ2v) is 7.58. The van der Waals surface area contributed by atoms with Crippen molar-refractivity contribution in [2.75, 3.05) is 0 Å². The van der Waals surface area contributed by atoms with E-state index < -0.39 is 0 Å². The van der Waals surface area contributed by atoms with Gasteiger partial charge in [0, 0.05) is 0 Å². The molecule has 2 fully saturated rings. The van der Waals surface area contributed by atoms with Gasteiger partial charge in [-0.25, -0.2) is 0 Å². The Labute approximate surface area is 114 Å². The third kappa shape index (κ3) is 3.00. The third-order valence-corrected chi connectivity index (χ3v) is 5.87. The summed E-state index contributed by atoms with van der Waals surface area (Å²) in [5, 5.41) is 0. The van der Waals surface area contributed by atoms with E-state index in [-0.39, 0.29) is 0 Å². The second-order valence-electron chi connectivity index (χ2n) is 7.58. The first-order valence-electron chi connectivity index (χ1n) is 8.17. The smallest absolute Gasteiger partial charge is 0.0175 e. The molecule has 0 saturated heterocycles. The van der Waals surface area contributed by atoms with Crippen LogP contribution in [0.1, 0.15) is 66.2 Å². The van der Waals surface area contributed by atoms with E-state index in [1.54, 1.807) is 5.57 Å². The van der Waals surface area contributed by atoms with Crippen LogP contribution in [0.15, 0.2) is 12.2 Å². The number of rotatable bonds is 2. The normalized spacial score (nSPS) is 45.8. The van der Waals surface area contributed by atoms with Crippen LogP contribution in [0.2, 0.25) is 0 Å². The molecule has 6 unspecified atom stereocenters. The fourth-order valence-electron chi connectivity index (χ4n) is 4.37. The molecule has 6 atom stereocenters. The zero-order valence-corrected chi connectivity index (χ0v) is 12.9. The van der Waals surface area contributed by atoms with Crippen LogP contribution in [0.25, 0.3) is 0 Å². The average molecular weight is 248 g/mol. The monoisotopic (exact) mass is 248 g/mol. The van der Waals surface area contributed by atoms with Crippen molar-refractivity contribution in [2.24, 2.45) is 35.5 Å². The highest BCUT2D eigenvalue weighted by Crippen LogP contribution is 2.45. The highest BCUT2D eigenvalue weighted by molar-refractivity contribution is 5.11. The van der Waals surface area contributed by atoms with Crippen molar-refractivity contribution >= 4 is 0 Å². The molecule has 2 aliphatic carbocycles. The van der Waals surface area contributed by atoms with Crippen molar-refractivity contribution in [1.29, 1.82) is 0 Å². The molecule has 0 aromatic heterocycles. The first kappa shape index (κ1) is 14.2. The average Bonchev–Trinajstić information content (AvgIpc) is 2.34. The van der Waals surface area contributed by atoms with Gasteiger partial charge in [-0.05, 0) is 61.2 Å². The van der Waals surface area contributed by atoms with Gasteiger partial charge in [0.2, 0.25) is 0 Å². The molecule has 2 saturated carbocycles. The van der Waals surface area contributed by atoms with Crippen molar-refractivity contribution in [3.63, 3.8) is 0 Å². The highest BCUT2D eigenvalue weighted by atomic mass is 14.4. The van der Waals surface area contributed by atoms with Crippen molar-refractivity contribution in [3.05, 3.63) is 12.2 Å². The van der Waals surface area contributed by atoms with Gasteiger partial charge in [0.15, 0.2) is 0 Å². The van der Waals surface area contributed by atoms with Gasteiger partial charge < -0.3 is 0 Å². The zero-order chi connectivity index (χ0) is 13.3. The zero-order valence-electron chi connectivity index (χ0n) is 12.9. The fourth-order valence-corrected chi connectivity index (χ4v) is 4.37. The fraction of sp³-hybridized carbons (Fsp3) is 0.889. The minimum Gasteiger partial charge on any atom is -0.0993 e. The molecule has 0 heteroatoms. The molecule has 0 nitrogen and oxygen atoms in total. The molecule has 0 aromatic carbocycles. The Morgan fingerprint density at radius 3 is 1.50 bits per heavy atom. The largest absolute Gasteiger partial charge is 0.0993 e. The Morgan fingerprint density at radius 1 is 0.722 bits per heavy atom. The second kappa shape index (κ2) is 5.80. The summed E-state index contributed by atoms with van der Waals surface area (Å²) in [6, 6.07) is 0. The molecule has 0 amide bonds. The maximum atomic E-state index is 4.57. The van der Waals surface area contributed by atoms with Gasteiger partial charge in [-0.3, -0.25) is 0 Å².